The number of ether oxygens (including phenoxy) is 1. The third kappa shape index (κ3) is 3.80. The van der Waals surface area contributed by atoms with E-state index in [9.17, 15) is 14.9 Å². The highest BCUT2D eigenvalue weighted by atomic mass is 32.1. The van der Waals surface area contributed by atoms with Gasteiger partial charge in [-0.2, -0.15) is 5.26 Å². The average molecular weight is 357 g/mol. The molecule has 1 amide bonds. The van der Waals surface area contributed by atoms with Gasteiger partial charge in [0, 0.05) is 0 Å². The Balaban J connectivity index is 1.64. The van der Waals surface area contributed by atoms with Crippen LogP contribution < -0.4 is 5.32 Å². The maximum absolute atomic E-state index is 12.4. The molecule has 0 saturated heterocycles. The summed E-state index contributed by atoms with van der Waals surface area (Å²) in [4.78, 5) is 28.8. The van der Waals surface area contributed by atoms with Crippen LogP contribution in [0.25, 0.3) is 10.2 Å². The number of nitriles is 1. The lowest BCUT2D eigenvalue weighted by Crippen LogP contribution is -2.52. The van der Waals surface area contributed by atoms with Crippen LogP contribution in [-0.2, 0) is 9.53 Å². The number of thiazole rings is 1. The molecule has 0 radical (unpaired) electrons. The van der Waals surface area contributed by atoms with E-state index in [0.29, 0.717) is 18.4 Å². The minimum Gasteiger partial charge on any atom is -0.449 e. The molecule has 130 valence electrons. The Labute approximate surface area is 149 Å². The van der Waals surface area contributed by atoms with E-state index in [-0.39, 0.29) is 0 Å². The fourth-order valence-corrected chi connectivity index (χ4v) is 3.74. The standard InChI is InChI=1S/C18H19N3O3S/c1-12(16(22)21-18(10-19)7-3-2-4-8-18)24-17(23)13-5-6-14-15(9-13)25-11-20-14/h5-6,9,11-12H,2-4,7-8H2,1H3,(H,21,22)/t12-/m1/s1. The van der Waals surface area contributed by atoms with Crippen LogP contribution in [0.15, 0.2) is 23.7 Å². The van der Waals surface area contributed by atoms with E-state index < -0.39 is 23.5 Å². The number of rotatable bonds is 4. The molecule has 0 bridgehead atoms. The third-order valence-electron chi connectivity index (χ3n) is 4.50. The van der Waals surface area contributed by atoms with Crippen LogP contribution in [0.5, 0.6) is 0 Å². The Morgan fingerprint density at radius 3 is 2.84 bits per heavy atom. The molecule has 0 spiro atoms. The fourth-order valence-electron chi connectivity index (χ4n) is 3.02. The average Bonchev–Trinajstić information content (AvgIpc) is 3.10. The van der Waals surface area contributed by atoms with Crippen molar-refractivity contribution >= 4 is 33.4 Å². The number of esters is 1. The van der Waals surface area contributed by atoms with Crippen LogP contribution in [0.3, 0.4) is 0 Å². The summed E-state index contributed by atoms with van der Waals surface area (Å²) in [6, 6.07) is 7.32. The molecule has 1 fully saturated rings. The molecule has 1 aromatic heterocycles. The van der Waals surface area contributed by atoms with Crippen molar-refractivity contribution in [2.75, 3.05) is 0 Å². The van der Waals surface area contributed by atoms with Crippen LogP contribution in [0, 0.1) is 11.3 Å². The molecular weight excluding hydrogens is 338 g/mol. The number of amides is 1. The Morgan fingerprint density at radius 2 is 2.12 bits per heavy atom. The molecule has 2 aromatic rings. The highest BCUT2D eigenvalue weighted by molar-refractivity contribution is 7.16. The molecule has 1 heterocycles. The van der Waals surface area contributed by atoms with Crippen molar-refractivity contribution < 1.29 is 14.3 Å². The van der Waals surface area contributed by atoms with Crippen molar-refractivity contribution in [1.82, 2.24) is 10.3 Å². The Hall–Kier alpha value is -2.46. The second-order valence-electron chi connectivity index (χ2n) is 6.33. The topological polar surface area (TPSA) is 92.1 Å². The van der Waals surface area contributed by atoms with Crippen molar-refractivity contribution in [3.63, 3.8) is 0 Å². The number of carbonyl (C=O) groups excluding carboxylic acids is 2. The lowest BCUT2D eigenvalue weighted by Gasteiger charge is -2.32. The maximum atomic E-state index is 12.4. The summed E-state index contributed by atoms with van der Waals surface area (Å²) in [7, 11) is 0. The van der Waals surface area contributed by atoms with E-state index in [4.69, 9.17) is 4.74 Å². The first-order valence-corrected chi connectivity index (χ1v) is 9.18. The van der Waals surface area contributed by atoms with Gasteiger partial charge >= 0.3 is 5.97 Å². The second kappa shape index (κ2) is 7.19. The summed E-state index contributed by atoms with van der Waals surface area (Å²) < 4.78 is 6.16. The predicted octanol–water partition coefficient (Wildman–Crippen LogP) is 3.18. The zero-order chi connectivity index (χ0) is 17.9. The summed E-state index contributed by atoms with van der Waals surface area (Å²) in [5.41, 5.74) is 2.07. The molecule has 1 aromatic carbocycles. The molecule has 3 rings (SSSR count). The van der Waals surface area contributed by atoms with E-state index in [2.05, 4.69) is 16.4 Å². The SMILES string of the molecule is C[C@@H](OC(=O)c1ccc2ncsc2c1)C(=O)NC1(C#N)CCCCC1. The molecule has 1 aliphatic carbocycles. The molecule has 6 nitrogen and oxygen atoms in total. The van der Waals surface area contributed by atoms with E-state index in [1.54, 1.807) is 23.7 Å². The predicted molar refractivity (Wildman–Crippen MR) is 94.1 cm³/mol. The number of nitrogens with zero attached hydrogens (tertiary/aromatic N) is 2. The quantitative estimate of drug-likeness (QED) is 0.849. The van der Waals surface area contributed by atoms with Gasteiger partial charge in [-0.05, 0) is 38.0 Å². The molecule has 1 saturated carbocycles. The van der Waals surface area contributed by atoms with Crippen LogP contribution in [0.2, 0.25) is 0 Å². The van der Waals surface area contributed by atoms with Crippen molar-refractivity contribution in [2.24, 2.45) is 0 Å². The number of aromatic nitrogens is 1. The summed E-state index contributed by atoms with van der Waals surface area (Å²) >= 11 is 1.44. The van der Waals surface area contributed by atoms with Gasteiger partial charge in [0.1, 0.15) is 5.54 Å². The molecule has 1 N–H and O–H groups in total. The first-order chi connectivity index (χ1) is 12.0. The summed E-state index contributed by atoms with van der Waals surface area (Å²) in [5.74, 6) is -0.997. The van der Waals surface area contributed by atoms with E-state index in [0.717, 1.165) is 29.5 Å². The van der Waals surface area contributed by atoms with Gasteiger partial charge in [0.15, 0.2) is 6.10 Å². The van der Waals surface area contributed by atoms with Crippen molar-refractivity contribution in [3.8, 4) is 6.07 Å². The van der Waals surface area contributed by atoms with Gasteiger partial charge in [-0.1, -0.05) is 19.3 Å². The zero-order valence-corrected chi connectivity index (χ0v) is 14.8. The second-order valence-corrected chi connectivity index (χ2v) is 7.21. The number of carbonyl (C=O) groups is 2. The Kier molecular flexibility index (Phi) is 5.00. The monoisotopic (exact) mass is 357 g/mol. The molecule has 7 heteroatoms. The molecule has 25 heavy (non-hydrogen) atoms. The highest BCUT2D eigenvalue weighted by Crippen LogP contribution is 2.27. The number of hydrogen-bond donors (Lipinski definition) is 1. The lowest BCUT2D eigenvalue weighted by atomic mass is 9.83. The largest absolute Gasteiger partial charge is 0.449 e. The van der Waals surface area contributed by atoms with Crippen LogP contribution in [-0.4, -0.2) is 28.5 Å². The van der Waals surface area contributed by atoms with Crippen LogP contribution >= 0.6 is 11.3 Å². The summed E-state index contributed by atoms with van der Waals surface area (Å²) in [5, 5.41) is 12.2. The van der Waals surface area contributed by atoms with Gasteiger partial charge in [0.25, 0.3) is 5.91 Å². The van der Waals surface area contributed by atoms with Gasteiger partial charge in [-0.3, -0.25) is 4.79 Å². The number of hydrogen-bond acceptors (Lipinski definition) is 6. The smallest absolute Gasteiger partial charge is 0.338 e. The van der Waals surface area contributed by atoms with Gasteiger partial charge in [-0.15, -0.1) is 11.3 Å². The molecule has 1 atom stereocenters. The van der Waals surface area contributed by atoms with E-state index in [1.807, 2.05) is 0 Å². The lowest BCUT2D eigenvalue weighted by molar-refractivity contribution is -0.130. The van der Waals surface area contributed by atoms with Gasteiger partial charge in [-0.25, -0.2) is 9.78 Å². The molecule has 1 aliphatic rings. The minimum absolute atomic E-state index is 0.379. The van der Waals surface area contributed by atoms with E-state index in [1.165, 1.54) is 18.3 Å². The highest BCUT2D eigenvalue weighted by Gasteiger charge is 2.35. The number of nitrogens with one attached hydrogen (secondary N) is 1. The number of benzene rings is 1. The van der Waals surface area contributed by atoms with Gasteiger partial charge in [0.2, 0.25) is 0 Å². The zero-order valence-electron chi connectivity index (χ0n) is 13.9. The first kappa shape index (κ1) is 17.4. The van der Waals surface area contributed by atoms with Crippen molar-refractivity contribution in [1.29, 1.82) is 5.26 Å². The third-order valence-corrected chi connectivity index (χ3v) is 5.30. The van der Waals surface area contributed by atoms with Gasteiger partial charge < -0.3 is 10.1 Å². The van der Waals surface area contributed by atoms with E-state index >= 15 is 0 Å². The summed E-state index contributed by atoms with van der Waals surface area (Å²) in [6.07, 6.45) is 3.21. The summed E-state index contributed by atoms with van der Waals surface area (Å²) in [6.45, 7) is 1.52. The molecule has 0 unspecified atom stereocenters. The van der Waals surface area contributed by atoms with Crippen molar-refractivity contribution in [3.05, 3.63) is 29.3 Å². The fraction of sp³-hybridized carbons (Fsp3) is 0.444. The van der Waals surface area contributed by atoms with Gasteiger partial charge in [0.05, 0.1) is 27.4 Å². The number of fused-ring (bicyclic) bond motifs is 1. The van der Waals surface area contributed by atoms with Crippen LogP contribution in [0.4, 0.5) is 0 Å². The maximum Gasteiger partial charge on any atom is 0.338 e. The van der Waals surface area contributed by atoms with Crippen LogP contribution in [0.1, 0.15) is 49.4 Å². The molecular formula is C18H19N3O3S. The minimum atomic E-state index is -0.961. The van der Waals surface area contributed by atoms with Crippen molar-refractivity contribution in [2.45, 2.75) is 50.7 Å². The molecule has 0 aliphatic heterocycles. The first-order valence-electron chi connectivity index (χ1n) is 8.30. The normalized spacial score (nSPS) is 17.4. The Bertz CT molecular complexity index is 833. The Morgan fingerprint density at radius 1 is 1.36 bits per heavy atom.